The minimum Gasteiger partial charge on any atom is -0.507 e. The van der Waals surface area contributed by atoms with Crippen LogP contribution < -0.4 is 20.4 Å². The number of carbonyl (C=O) groups excluding carboxylic acids is 4. The fourth-order valence-corrected chi connectivity index (χ4v) is 9.20. The Balaban J connectivity index is 0.833. The summed E-state index contributed by atoms with van der Waals surface area (Å²) in [7, 11) is 3.03. The zero-order chi connectivity index (χ0) is 39.9. The van der Waals surface area contributed by atoms with Crippen molar-refractivity contribution in [3.8, 4) is 17.0 Å². The Hall–Kier alpha value is -5.08. The third-order valence-corrected chi connectivity index (χ3v) is 12.7. The molecule has 0 saturated carbocycles. The first-order valence-electron chi connectivity index (χ1n) is 20.6. The number of piperidine rings is 2. The predicted octanol–water partition coefficient (Wildman–Crippen LogP) is 3.76. The molecular formula is C43H57N9O5. The quantitative estimate of drug-likeness (QED) is 0.204. The molecule has 1 aromatic heterocycles. The van der Waals surface area contributed by atoms with Gasteiger partial charge in [-0.05, 0) is 106 Å². The number of likely N-dealkylation sites (N-methyl/N-ethyl adjacent to an activating group) is 2. The van der Waals surface area contributed by atoms with Gasteiger partial charge in [-0.15, -0.1) is 10.2 Å². The lowest BCUT2D eigenvalue weighted by Gasteiger charge is -2.46. The van der Waals surface area contributed by atoms with Crippen LogP contribution in [0.25, 0.3) is 11.3 Å². The number of anilines is 3. The number of fused-ring (bicyclic) bond motifs is 3. The lowest BCUT2D eigenvalue weighted by Crippen LogP contribution is -2.58. The summed E-state index contributed by atoms with van der Waals surface area (Å²) in [4.78, 5) is 60.3. The fraction of sp³-hybridized carbons (Fsp3) is 0.535. The van der Waals surface area contributed by atoms with Crippen molar-refractivity contribution in [1.82, 2.24) is 30.2 Å². The van der Waals surface area contributed by atoms with Crippen LogP contribution in [-0.4, -0.2) is 146 Å². The number of para-hydroxylation sites is 1. The van der Waals surface area contributed by atoms with Crippen molar-refractivity contribution in [3.05, 3.63) is 59.7 Å². The predicted molar refractivity (Wildman–Crippen MR) is 221 cm³/mol. The van der Waals surface area contributed by atoms with Gasteiger partial charge < -0.3 is 40.1 Å². The van der Waals surface area contributed by atoms with Crippen molar-refractivity contribution in [3.63, 3.8) is 0 Å². The Kier molecular flexibility index (Phi) is 13.0. The number of hydrogen-bond acceptors (Lipinski definition) is 12. The zero-order valence-corrected chi connectivity index (χ0v) is 33.3. The van der Waals surface area contributed by atoms with Crippen LogP contribution in [0.2, 0.25) is 0 Å². The van der Waals surface area contributed by atoms with Gasteiger partial charge in [-0.3, -0.25) is 19.3 Å². The molecule has 0 radical (unpaired) electrons. The minimum atomic E-state index is -0.803. The lowest BCUT2D eigenvalue weighted by atomic mass is 9.90. The number of nitrogens with zero attached hydrogens (tertiary/aromatic N) is 7. The molecule has 3 N–H and O–H groups in total. The second-order valence-corrected chi connectivity index (χ2v) is 16.2. The Morgan fingerprint density at radius 3 is 2.47 bits per heavy atom. The summed E-state index contributed by atoms with van der Waals surface area (Å²) in [5, 5.41) is 25.3. The molecular weight excluding hydrogens is 723 g/mol. The van der Waals surface area contributed by atoms with Gasteiger partial charge in [0.25, 0.3) is 5.91 Å². The number of aromatic nitrogens is 2. The summed E-state index contributed by atoms with van der Waals surface area (Å²) in [6, 6.07) is 14.3. The van der Waals surface area contributed by atoms with E-state index in [0.29, 0.717) is 35.1 Å². The number of nitrogens with one attached hydrogen (secondary N) is 2. The van der Waals surface area contributed by atoms with E-state index in [-0.39, 0.29) is 30.1 Å². The summed E-state index contributed by atoms with van der Waals surface area (Å²) < 4.78 is 0. The van der Waals surface area contributed by atoms with Crippen molar-refractivity contribution in [2.45, 2.75) is 57.0 Å². The Labute approximate surface area is 335 Å². The van der Waals surface area contributed by atoms with E-state index in [1.165, 1.54) is 38.3 Å². The summed E-state index contributed by atoms with van der Waals surface area (Å²) in [6.07, 6.45) is 7.71. The number of benzene rings is 2. The number of rotatable bonds is 14. The third kappa shape index (κ3) is 9.23. The van der Waals surface area contributed by atoms with Crippen LogP contribution in [0.3, 0.4) is 0 Å². The Morgan fingerprint density at radius 1 is 0.965 bits per heavy atom. The molecule has 2 amide bonds. The van der Waals surface area contributed by atoms with Crippen LogP contribution in [0, 0.1) is 11.8 Å². The van der Waals surface area contributed by atoms with Crippen LogP contribution in [0.4, 0.5) is 17.2 Å². The molecule has 4 aliphatic heterocycles. The molecule has 0 spiro atoms. The van der Waals surface area contributed by atoms with Gasteiger partial charge >= 0.3 is 0 Å². The zero-order valence-electron chi connectivity index (χ0n) is 33.3. The maximum absolute atomic E-state index is 13.4. The topological polar surface area (TPSA) is 155 Å². The molecule has 14 nitrogen and oxygen atoms in total. The number of phenols is 1. The number of carbonyl (C=O) groups is 4. The number of aldehydes is 2. The monoisotopic (exact) mass is 779 g/mol. The number of phenolic OH excluding ortho intramolecular Hbond substituents is 1. The third-order valence-electron chi connectivity index (χ3n) is 12.7. The molecule has 3 aromatic rings. The van der Waals surface area contributed by atoms with Gasteiger partial charge in [-0.25, -0.2) is 0 Å². The molecule has 0 bridgehead atoms. The second-order valence-electron chi connectivity index (χ2n) is 16.2. The number of amides is 2. The second kappa shape index (κ2) is 18.5. The fourth-order valence-electron chi connectivity index (χ4n) is 9.20. The lowest BCUT2D eigenvalue weighted by molar-refractivity contribution is -0.125. The van der Waals surface area contributed by atoms with Crippen molar-refractivity contribution in [2.24, 2.45) is 11.8 Å². The largest absolute Gasteiger partial charge is 0.507 e. The molecule has 5 heterocycles. The van der Waals surface area contributed by atoms with E-state index in [2.05, 4.69) is 46.5 Å². The van der Waals surface area contributed by atoms with Gasteiger partial charge in [0.05, 0.1) is 23.0 Å². The van der Waals surface area contributed by atoms with Crippen molar-refractivity contribution in [1.29, 1.82) is 0 Å². The average Bonchev–Trinajstić information content (AvgIpc) is 3.25. The molecule has 2 aromatic carbocycles. The van der Waals surface area contributed by atoms with Crippen LogP contribution in [-0.2, 0) is 9.59 Å². The van der Waals surface area contributed by atoms with Crippen molar-refractivity contribution in [2.75, 3.05) is 94.7 Å². The normalized spacial score (nSPS) is 19.9. The minimum absolute atomic E-state index is 0.154. The first kappa shape index (κ1) is 40.1. The molecule has 4 aliphatic rings. The van der Waals surface area contributed by atoms with E-state index < -0.39 is 11.9 Å². The average molecular weight is 780 g/mol. The highest BCUT2D eigenvalue weighted by Gasteiger charge is 2.34. The molecule has 57 heavy (non-hydrogen) atoms. The summed E-state index contributed by atoms with van der Waals surface area (Å²) in [5.74, 6) is 1.65. The van der Waals surface area contributed by atoms with E-state index >= 15 is 0 Å². The molecule has 2 unspecified atom stereocenters. The van der Waals surface area contributed by atoms with Crippen LogP contribution in [0.5, 0.6) is 5.75 Å². The highest BCUT2D eigenvalue weighted by atomic mass is 16.3. The molecule has 304 valence electrons. The molecule has 2 atom stereocenters. The maximum atomic E-state index is 13.4. The maximum Gasteiger partial charge on any atom is 0.255 e. The molecule has 7 rings (SSSR count). The summed E-state index contributed by atoms with van der Waals surface area (Å²) >= 11 is 0. The number of likely N-dealkylation sites (tertiary alicyclic amines) is 1. The van der Waals surface area contributed by atoms with Crippen LogP contribution in [0.1, 0.15) is 65.7 Å². The Bertz CT molecular complexity index is 1890. The van der Waals surface area contributed by atoms with Gasteiger partial charge in [-0.2, -0.15) is 0 Å². The van der Waals surface area contributed by atoms with Crippen LogP contribution >= 0.6 is 0 Å². The van der Waals surface area contributed by atoms with E-state index in [4.69, 9.17) is 0 Å². The van der Waals surface area contributed by atoms with Crippen molar-refractivity contribution >= 4 is 41.6 Å². The first-order chi connectivity index (χ1) is 27.8. The van der Waals surface area contributed by atoms with E-state index in [0.717, 1.165) is 108 Å². The number of aromatic hydroxyl groups is 1. The first-order valence-corrected chi connectivity index (χ1v) is 20.6. The van der Waals surface area contributed by atoms with Gasteiger partial charge in [0.15, 0.2) is 12.1 Å². The molecule has 14 heteroatoms. The van der Waals surface area contributed by atoms with E-state index in [1.807, 2.05) is 24.3 Å². The van der Waals surface area contributed by atoms with Crippen molar-refractivity contribution < 1.29 is 24.3 Å². The van der Waals surface area contributed by atoms with Gasteiger partial charge in [0.1, 0.15) is 18.1 Å². The van der Waals surface area contributed by atoms with E-state index in [1.54, 1.807) is 18.2 Å². The standard InChI is InChI=1S/C43H57N9O5/c1-44-42(56)38(7-5-23-53)48(2)43(57)35-10-9-33(24-32(35)29-54)51-19-14-31(15-20-51)27-49-16-11-30(12-17-49)13-18-50-21-22-52-34(28-50)26-45-41-39(52)25-37(46-47-41)36-6-3-4-8-40(36)55/h3-4,6,8-10,23-25,29-31,34,38,55H,5,7,11-22,26-28H2,1-2H3,(H,44,56)(H,45,47). The van der Waals surface area contributed by atoms with Crippen LogP contribution in [0.15, 0.2) is 48.5 Å². The summed E-state index contributed by atoms with van der Waals surface area (Å²) in [5.41, 5.74) is 3.94. The van der Waals surface area contributed by atoms with Gasteiger partial charge in [0, 0.05) is 83.1 Å². The van der Waals surface area contributed by atoms with Gasteiger partial charge in [-0.1, -0.05) is 12.1 Å². The smallest absolute Gasteiger partial charge is 0.255 e. The molecule has 3 fully saturated rings. The highest BCUT2D eigenvalue weighted by molar-refractivity contribution is 6.03. The van der Waals surface area contributed by atoms with E-state index in [9.17, 15) is 24.3 Å². The highest BCUT2D eigenvalue weighted by Crippen LogP contribution is 2.36. The number of piperazine rings is 1. The SMILES string of the molecule is CNC(=O)C(CCC=O)N(C)C(=O)c1ccc(N2CCC(CN3CCC(CCN4CCN5c6cc(-c7ccccc7O)nnc6NCC5C4)CC3)CC2)cc1C=O. The summed E-state index contributed by atoms with van der Waals surface area (Å²) in [6.45, 7) is 10.2. The molecule has 0 aliphatic carbocycles. The number of hydrogen-bond donors (Lipinski definition) is 3. The molecule has 3 saturated heterocycles. The Morgan fingerprint density at radius 2 is 1.74 bits per heavy atom. The van der Waals surface area contributed by atoms with Gasteiger partial charge in [0.2, 0.25) is 5.91 Å².